The first-order valence-electron chi connectivity index (χ1n) is 5.82. The van der Waals surface area contributed by atoms with E-state index in [4.69, 9.17) is 0 Å². The molecule has 0 amide bonds. The molecule has 0 radical (unpaired) electrons. The summed E-state index contributed by atoms with van der Waals surface area (Å²) in [7, 11) is 2.18. The third-order valence-corrected chi connectivity index (χ3v) is 3.81. The molecule has 2 aliphatic rings. The van der Waals surface area contributed by atoms with Gasteiger partial charge in [0.1, 0.15) is 6.23 Å². The number of hydrogen-bond acceptors (Lipinski definition) is 3. The summed E-state index contributed by atoms with van der Waals surface area (Å²) in [4.78, 5) is 4.72. The fraction of sp³-hybridized carbons (Fsp3) is 1.00. The van der Waals surface area contributed by atoms with Crippen molar-refractivity contribution >= 4 is 0 Å². The van der Waals surface area contributed by atoms with Crippen LogP contribution in [0.15, 0.2) is 0 Å². The van der Waals surface area contributed by atoms with Crippen molar-refractivity contribution in [2.45, 2.75) is 50.9 Å². The summed E-state index contributed by atoms with van der Waals surface area (Å²) in [5.74, 6) is 0. The summed E-state index contributed by atoms with van der Waals surface area (Å²) in [6, 6.07) is 1.21. The molecule has 14 heavy (non-hydrogen) atoms. The van der Waals surface area contributed by atoms with Gasteiger partial charge in [0.2, 0.25) is 0 Å². The molecule has 0 spiro atoms. The standard InChI is InChI=1S/C11H22N2O/c1-9-3-4-11(14)13(9)10-5-7-12(2)8-6-10/h9-11,14H,3-8H2,1-2H3/t9-,11?/m1/s1. The van der Waals surface area contributed by atoms with Crippen molar-refractivity contribution in [2.24, 2.45) is 0 Å². The van der Waals surface area contributed by atoms with Crippen LogP contribution in [0, 0.1) is 0 Å². The van der Waals surface area contributed by atoms with Crippen LogP contribution < -0.4 is 0 Å². The van der Waals surface area contributed by atoms with Gasteiger partial charge < -0.3 is 10.0 Å². The monoisotopic (exact) mass is 198 g/mol. The number of aliphatic hydroxyl groups is 1. The van der Waals surface area contributed by atoms with E-state index in [1.54, 1.807) is 0 Å². The molecule has 2 fully saturated rings. The van der Waals surface area contributed by atoms with Gasteiger partial charge in [-0.05, 0) is 52.7 Å². The average molecular weight is 198 g/mol. The van der Waals surface area contributed by atoms with E-state index >= 15 is 0 Å². The molecule has 2 rings (SSSR count). The SMILES string of the molecule is C[C@@H]1CCC(O)N1C1CCN(C)CC1. The van der Waals surface area contributed by atoms with E-state index in [9.17, 15) is 5.11 Å². The first-order chi connectivity index (χ1) is 6.68. The van der Waals surface area contributed by atoms with Crippen LogP contribution in [0.4, 0.5) is 0 Å². The Morgan fingerprint density at radius 2 is 1.71 bits per heavy atom. The predicted octanol–water partition coefficient (Wildman–Crippen LogP) is 0.883. The van der Waals surface area contributed by atoms with Gasteiger partial charge in [-0.25, -0.2) is 0 Å². The minimum absolute atomic E-state index is 0.168. The molecule has 0 bridgehead atoms. The van der Waals surface area contributed by atoms with Crippen molar-refractivity contribution in [3.05, 3.63) is 0 Å². The zero-order chi connectivity index (χ0) is 10.1. The Kier molecular flexibility index (Phi) is 3.10. The smallest absolute Gasteiger partial charge is 0.107 e. The van der Waals surface area contributed by atoms with E-state index in [0.717, 1.165) is 12.8 Å². The summed E-state index contributed by atoms with van der Waals surface area (Å²) >= 11 is 0. The van der Waals surface area contributed by atoms with Gasteiger partial charge in [0.05, 0.1) is 0 Å². The lowest BCUT2D eigenvalue weighted by molar-refractivity contribution is -0.0265. The lowest BCUT2D eigenvalue weighted by atomic mass is 10.0. The number of piperidine rings is 1. The van der Waals surface area contributed by atoms with Crippen LogP contribution in [-0.2, 0) is 0 Å². The summed E-state index contributed by atoms with van der Waals surface area (Å²) in [5, 5.41) is 9.89. The highest BCUT2D eigenvalue weighted by molar-refractivity contribution is 4.87. The van der Waals surface area contributed by atoms with Gasteiger partial charge in [-0.3, -0.25) is 4.90 Å². The van der Waals surface area contributed by atoms with Crippen molar-refractivity contribution in [2.75, 3.05) is 20.1 Å². The Morgan fingerprint density at radius 3 is 2.21 bits per heavy atom. The second-order valence-electron chi connectivity index (χ2n) is 4.89. The molecule has 2 saturated heterocycles. The van der Waals surface area contributed by atoms with Crippen LogP contribution in [0.5, 0.6) is 0 Å². The van der Waals surface area contributed by atoms with E-state index in [1.807, 2.05) is 0 Å². The van der Waals surface area contributed by atoms with Crippen LogP contribution in [0.1, 0.15) is 32.6 Å². The van der Waals surface area contributed by atoms with Crippen molar-refractivity contribution in [1.82, 2.24) is 9.80 Å². The fourth-order valence-corrected chi connectivity index (χ4v) is 2.88. The van der Waals surface area contributed by atoms with Gasteiger partial charge in [-0.1, -0.05) is 0 Å². The van der Waals surface area contributed by atoms with Gasteiger partial charge in [-0.15, -0.1) is 0 Å². The number of nitrogens with zero attached hydrogens (tertiary/aromatic N) is 2. The van der Waals surface area contributed by atoms with Crippen LogP contribution in [-0.4, -0.2) is 53.4 Å². The first-order valence-corrected chi connectivity index (χ1v) is 5.82. The highest BCUT2D eigenvalue weighted by Gasteiger charge is 2.35. The molecule has 1 N–H and O–H groups in total. The van der Waals surface area contributed by atoms with Crippen LogP contribution in [0.2, 0.25) is 0 Å². The first kappa shape index (κ1) is 10.4. The molecule has 0 aromatic rings. The van der Waals surface area contributed by atoms with Crippen molar-refractivity contribution < 1.29 is 5.11 Å². The quantitative estimate of drug-likeness (QED) is 0.677. The highest BCUT2D eigenvalue weighted by atomic mass is 16.3. The molecule has 82 valence electrons. The summed E-state index contributed by atoms with van der Waals surface area (Å²) in [5.41, 5.74) is 0. The van der Waals surface area contributed by atoms with Crippen LogP contribution in [0.25, 0.3) is 0 Å². The van der Waals surface area contributed by atoms with Gasteiger partial charge in [0, 0.05) is 12.1 Å². The molecule has 3 nitrogen and oxygen atoms in total. The molecule has 3 heteroatoms. The number of aliphatic hydroxyl groups excluding tert-OH is 1. The molecular formula is C11H22N2O. The maximum Gasteiger partial charge on any atom is 0.107 e. The Morgan fingerprint density at radius 1 is 1.07 bits per heavy atom. The predicted molar refractivity (Wildman–Crippen MR) is 57.1 cm³/mol. The molecule has 2 aliphatic heterocycles. The van der Waals surface area contributed by atoms with Crippen molar-refractivity contribution in [1.29, 1.82) is 0 Å². The maximum atomic E-state index is 9.89. The lowest BCUT2D eigenvalue weighted by Crippen LogP contribution is -2.48. The number of likely N-dealkylation sites (tertiary alicyclic amines) is 2. The number of hydrogen-bond donors (Lipinski definition) is 1. The second-order valence-corrected chi connectivity index (χ2v) is 4.89. The van der Waals surface area contributed by atoms with Gasteiger partial charge in [-0.2, -0.15) is 0 Å². The largest absolute Gasteiger partial charge is 0.378 e. The van der Waals surface area contributed by atoms with E-state index in [1.165, 1.54) is 25.9 Å². The number of rotatable bonds is 1. The third-order valence-electron chi connectivity index (χ3n) is 3.81. The Hall–Kier alpha value is -0.120. The molecule has 0 saturated carbocycles. The minimum atomic E-state index is -0.168. The third kappa shape index (κ3) is 1.95. The molecule has 2 atom stereocenters. The molecule has 2 heterocycles. The van der Waals surface area contributed by atoms with Gasteiger partial charge >= 0.3 is 0 Å². The Balaban J connectivity index is 1.94. The Labute approximate surface area is 86.7 Å². The van der Waals surface area contributed by atoms with E-state index in [-0.39, 0.29) is 6.23 Å². The summed E-state index contributed by atoms with van der Waals surface area (Å²) < 4.78 is 0. The van der Waals surface area contributed by atoms with Crippen LogP contribution >= 0.6 is 0 Å². The summed E-state index contributed by atoms with van der Waals surface area (Å²) in [6.07, 6.45) is 4.40. The Bertz CT molecular complexity index is 180. The normalized spacial score (nSPS) is 37.9. The fourth-order valence-electron chi connectivity index (χ4n) is 2.88. The van der Waals surface area contributed by atoms with E-state index in [0.29, 0.717) is 12.1 Å². The van der Waals surface area contributed by atoms with E-state index < -0.39 is 0 Å². The molecule has 0 aromatic heterocycles. The van der Waals surface area contributed by atoms with Crippen molar-refractivity contribution in [3.8, 4) is 0 Å². The average Bonchev–Trinajstić information content (AvgIpc) is 2.49. The van der Waals surface area contributed by atoms with Gasteiger partial charge in [0.25, 0.3) is 0 Å². The topological polar surface area (TPSA) is 26.7 Å². The molecular weight excluding hydrogens is 176 g/mol. The van der Waals surface area contributed by atoms with E-state index in [2.05, 4.69) is 23.8 Å². The zero-order valence-electron chi connectivity index (χ0n) is 9.32. The zero-order valence-corrected chi connectivity index (χ0v) is 9.32. The molecule has 0 aliphatic carbocycles. The molecule has 1 unspecified atom stereocenters. The van der Waals surface area contributed by atoms with Crippen LogP contribution in [0.3, 0.4) is 0 Å². The lowest BCUT2D eigenvalue weighted by Gasteiger charge is -2.38. The second kappa shape index (κ2) is 4.17. The minimum Gasteiger partial charge on any atom is -0.378 e. The van der Waals surface area contributed by atoms with Gasteiger partial charge in [0.15, 0.2) is 0 Å². The molecule has 0 aromatic carbocycles. The maximum absolute atomic E-state index is 9.89. The summed E-state index contributed by atoms with van der Waals surface area (Å²) in [6.45, 7) is 4.61. The highest BCUT2D eigenvalue weighted by Crippen LogP contribution is 2.28. The van der Waals surface area contributed by atoms with Crippen molar-refractivity contribution in [3.63, 3.8) is 0 Å².